The Morgan fingerprint density at radius 2 is 2.25 bits per heavy atom. The summed E-state index contributed by atoms with van der Waals surface area (Å²) in [7, 11) is 0. The van der Waals surface area contributed by atoms with Gasteiger partial charge in [-0.25, -0.2) is 4.68 Å². The zero-order chi connectivity index (χ0) is 11.5. The van der Waals surface area contributed by atoms with Crippen molar-refractivity contribution in [1.82, 2.24) is 15.0 Å². The predicted molar refractivity (Wildman–Crippen MR) is 59.4 cm³/mol. The van der Waals surface area contributed by atoms with Crippen LogP contribution in [0.1, 0.15) is 6.42 Å². The smallest absolute Gasteiger partial charge is 0.267 e. The molecule has 0 aliphatic carbocycles. The number of alkyl halides is 1. The van der Waals surface area contributed by atoms with Gasteiger partial charge < -0.3 is 0 Å². The lowest BCUT2D eigenvalue weighted by Gasteiger charge is -2.03. The molecule has 1 aromatic heterocycles. The number of halogens is 2. The first kappa shape index (κ1) is 11.0. The molecule has 1 aromatic carbocycles. The Kier molecular flexibility index (Phi) is 3.14. The highest BCUT2D eigenvalue weighted by molar-refractivity contribution is 6.34. The van der Waals surface area contributed by atoms with Gasteiger partial charge in [-0.1, -0.05) is 22.9 Å². The molecule has 1 heterocycles. The van der Waals surface area contributed by atoms with Crippen LogP contribution in [0.4, 0.5) is 4.39 Å². The number of aryl methyl sites for hydroxylation is 1. The molecule has 0 spiro atoms. The van der Waals surface area contributed by atoms with E-state index in [0.717, 1.165) is 4.68 Å². The number of fused-ring (bicyclic) bond motifs is 1. The maximum absolute atomic E-state index is 12.0. The standard InChI is InChI=1S/C10H9ClFN3O/c11-8-4-1-3-7-9(8)13-14-15(10(7)16)6-2-5-12/h1,3-4H,2,5-6H2. The monoisotopic (exact) mass is 241 g/mol. The molecule has 0 aliphatic heterocycles. The van der Waals surface area contributed by atoms with E-state index in [1.54, 1.807) is 18.2 Å². The normalized spacial score (nSPS) is 10.9. The van der Waals surface area contributed by atoms with Crippen molar-refractivity contribution in [2.45, 2.75) is 13.0 Å². The van der Waals surface area contributed by atoms with Crippen molar-refractivity contribution in [3.63, 3.8) is 0 Å². The second-order valence-corrected chi connectivity index (χ2v) is 3.70. The first-order valence-electron chi connectivity index (χ1n) is 4.82. The van der Waals surface area contributed by atoms with Crippen molar-refractivity contribution in [2.75, 3.05) is 6.67 Å². The topological polar surface area (TPSA) is 47.8 Å². The maximum atomic E-state index is 12.0. The van der Waals surface area contributed by atoms with Crippen LogP contribution in [0.2, 0.25) is 5.02 Å². The lowest BCUT2D eigenvalue weighted by molar-refractivity contribution is 0.422. The highest BCUT2D eigenvalue weighted by Crippen LogP contribution is 2.17. The summed E-state index contributed by atoms with van der Waals surface area (Å²) in [6.07, 6.45) is 0.251. The fraction of sp³-hybridized carbons (Fsp3) is 0.300. The first-order valence-corrected chi connectivity index (χ1v) is 5.20. The minimum atomic E-state index is -0.484. The molecule has 0 bridgehead atoms. The quantitative estimate of drug-likeness (QED) is 0.823. The number of benzene rings is 1. The Bertz CT molecular complexity index is 569. The molecular weight excluding hydrogens is 233 g/mol. The van der Waals surface area contributed by atoms with E-state index >= 15 is 0 Å². The second-order valence-electron chi connectivity index (χ2n) is 3.30. The number of nitrogens with zero attached hydrogens (tertiary/aromatic N) is 3. The van der Waals surface area contributed by atoms with Crippen LogP contribution in [0.5, 0.6) is 0 Å². The molecule has 0 unspecified atom stereocenters. The molecule has 4 nitrogen and oxygen atoms in total. The Morgan fingerprint density at radius 3 is 3.00 bits per heavy atom. The molecule has 16 heavy (non-hydrogen) atoms. The van der Waals surface area contributed by atoms with Gasteiger partial charge in [-0.15, -0.1) is 5.10 Å². The number of rotatable bonds is 3. The maximum Gasteiger partial charge on any atom is 0.277 e. The lowest BCUT2D eigenvalue weighted by atomic mass is 10.2. The van der Waals surface area contributed by atoms with Gasteiger partial charge in [0.15, 0.2) is 0 Å². The van der Waals surface area contributed by atoms with Gasteiger partial charge >= 0.3 is 0 Å². The fourth-order valence-electron chi connectivity index (χ4n) is 1.42. The highest BCUT2D eigenvalue weighted by atomic mass is 35.5. The molecule has 6 heteroatoms. The summed E-state index contributed by atoms with van der Waals surface area (Å²) in [6, 6.07) is 4.95. The molecule has 0 atom stereocenters. The van der Waals surface area contributed by atoms with Gasteiger partial charge in [-0.05, 0) is 18.6 Å². The van der Waals surface area contributed by atoms with Crippen molar-refractivity contribution < 1.29 is 4.39 Å². The molecule has 0 N–H and O–H groups in total. The Labute approximate surface area is 95.6 Å². The summed E-state index contributed by atoms with van der Waals surface area (Å²) in [4.78, 5) is 11.9. The van der Waals surface area contributed by atoms with Gasteiger partial charge in [-0.2, -0.15) is 0 Å². The van der Waals surface area contributed by atoms with Gasteiger partial charge in [0, 0.05) is 6.54 Å². The third-order valence-corrected chi connectivity index (χ3v) is 2.51. The van der Waals surface area contributed by atoms with Crippen LogP contribution in [-0.4, -0.2) is 21.7 Å². The molecule has 0 aliphatic rings. The number of hydrogen-bond acceptors (Lipinski definition) is 3. The van der Waals surface area contributed by atoms with Crippen LogP contribution in [-0.2, 0) is 6.54 Å². The van der Waals surface area contributed by atoms with Crippen LogP contribution in [0.15, 0.2) is 23.0 Å². The Balaban J connectivity index is 2.57. The number of hydrogen-bond donors (Lipinski definition) is 0. The van der Waals surface area contributed by atoms with Crippen molar-refractivity contribution in [3.8, 4) is 0 Å². The Morgan fingerprint density at radius 1 is 1.44 bits per heavy atom. The minimum Gasteiger partial charge on any atom is -0.267 e. The highest BCUT2D eigenvalue weighted by Gasteiger charge is 2.07. The molecule has 0 fully saturated rings. The van der Waals surface area contributed by atoms with E-state index in [1.165, 1.54) is 0 Å². The summed E-state index contributed by atoms with van der Waals surface area (Å²) >= 11 is 5.88. The third kappa shape index (κ3) is 1.90. The minimum absolute atomic E-state index is 0.227. The summed E-state index contributed by atoms with van der Waals surface area (Å²) < 4.78 is 13.2. The lowest BCUT2D eigenvalue weighted by Crippen LogP contribution is -2.24. The predicted octanol–water partition coefficient (Wildman–Crippen LogP) is 1.80. The van der Waals surface area contributed by atoms with Crippen LogP contribution in [0.3, 0.4) is 0 Å². The van der Waals surface area contributed by atoms with Crippen LogP contribution in [0.25, 0.3) is 10.9 Å². The van der Waals surface area contributed by atoms with Crippen molar-refractivity contribution in [3.05, 3.63) is 33.6 Å². The second kappa shape index (κ2) is 4.57. The first-order chi connectivity index (χ1) is 7.74. The van der Waals surface area contributed by atoms with Crippen LogP contribution >= 0.6 is 11.6 Å². The van der Waals surface area contributed by atoms with Crippen molar-refractivity contribution >= 4 is 22.5 Å². The van der Waals surface area contributed by atoms with E-state index in [2.05, 4.69) is 10.3 Å². The molecule has 0 radical (unpaired) electrons. The molecular formula is C10H9ClFN3O. The fourth-order valence-corrected chi connectivity index (χ4v) is 1.64. The average Bonchev–Trinajstić information content (AvgIpc) is 2.29. The van der Waals surface area contributed by atoms with E-state index in [0.29, 0.717) is 15.9 Å². The summed E-state index contributed by atoms with van der Waals surface area (Å²) in [5, 5.41) is 8.35. The van der Waals surface area contributed by atoms with Crippen molar-refractivity contribution in [1.29, 1.82) is 0 Å². The molecule has 0 saturated heterocycles. The summed E-state index contributed by atoms with van der Waals surface area (Å²) in [6.45, 7) is -0.257. The third-order valence-electron chi connectivity index (χ3n) is 2.21. The van der Waals surface area contributed by atoms with Gasteiger partial charge in [0.1, 0.15) is 5.52 Å². The zero-order valence-electron chi connectivity index (χ0n) is 8.36. The van der Waals surface area contributed by atoms with E-state index < -0.39 is 6.67 Å². The van der Waals surface area contributed by atoms with Gasteiger partial charge in [0.25, 0.3) is 5.56 Å². The molecule has 0 saturated carbocycles. The average molecular weight is 242 g/mol. The van der Waals surface area contributed by atoms with Crippen LogP contribution in [0, 0.1) is 0 Å². The van der Waals surface area contributed by atoms with E-state index in [4.69, 9.17) is 11.6 Å². The van der Waals surface area contributed by atoms with E-state index in [-0.39, 0.29) is 18.5 Å². The van der Waals surface area contributed by atoms with E-state index in [1.807, 2.05) is 0 Å². The van der Waals surface area contributed by atoms with Gasteiger partial charge in [0.2, 0.25) is 0 Å². The van der Waals surface area contributed by atoms with Crippen molar-refractivity contribution in [2.24, 2.45) is 0 Å². The van der Waals surface area contributed by atoms with Crippen LogP contribution < -0.4 is 5.56 Å². The van der Waals surface area contributed by atoms with E-state index in [9.17, 15) is 9.18 Å². The summed E-state index contributed by atoms with van der Waals surface area (Å²) in [5.41, 5.74) is 0.0895. The number of aromatic nitrogens is 3. The summed E-state index contributed by atoms with van der Waals surface area (Å²) in [5.74, 6) is 0. The molecule has 2 rings (SSSR count). The van der Waals surface area contributed by atoms with Gasteiger partial charge in [0.05, 0.1) is 17.1 Å². The van der Waals surface area contributed by atoms with Gasteiger partial charge in [-0.3, -0.25) is 9.18 Å². The molecule has 0 amide bonds. The SMILES string of the molecule is O=c1c2cccc(Cl)c2nnn1CCCF. The largest absolute Gasteiger partial charge is 0.277 e. The zero-order valence-corrected chi connectivity index (χ0v) is 9.12. The molecule has 84 valence electrons. The Hall–Kier alpha value is -1.49. The molecule has 2 aromatic rings.